The van der Waals surface area contributed by atoms with E-state index in [4.69, 9.17) is 4.18 Å². The molecule has 19 heavy (non-hydrogen) atoms. The van der Waals surface area contributed by atoms with E-state index >= 15 is 0 Å². The van der Waals surface area contributed by atoms with Gasteiger partial charge in [-0.15, -0.1) is 0 Å². The van der Waals surface area contributed by atoms with Crippen molar-refractivity contribution in [2.45, 2.75) is 11.8 Å². The molecule has 0 radical (unpaired) electrons. The summed E-state index contributed by atoms with van der Waals surface area (Å²) in [4.78, 5) is 0.147. The molecule has 0 saturated heterocycles. The minimum absolute atomic E-state index is 0.147. The topological polar surface area (TPSA) is 43.4 Å². The summed E-state index contributed by atoms with van der Waals surface area (Å²) >= 11 is 5.32. The first kappa shape index (κ1) is 14.8. The molecule has 0 aliphatic rings. The average molecular weight is 453 g/mol. The second kappa shape index (κ2) is 5.80. The van der Waals surface area contributed by atoms with Crippen molar-refractivity contribution in [1.82, 2.24) is 0 Å². The Balaban J connectivity index is 2.36. The van der Waals surface area contributed by atoms with E-state index in [-0.39, 0.29) is 4.90 Å². The van der Waals surface area contributed by atoms with Gasteiger partial charge in [0.15, 0.2) is 5.75 Å². The second-order valence-electron chi connectivity index (χ2n) is 3.93. The molecule has 6 heteroatoms. The van der Waals surface area contributed by atoms with E-state index in [1.54, 1.807) is 24.3 Å². The minimum Gasteiger partial charge on any atom is -0.378 e. The fourth-order valence-electron chi connectivity index (χ4n) is 1.41. The third-order valence-corrected chi connectivity index (χ3v) is 5.04. The molecule has 0 saturated carbocycles. The van der Waals surface area contributed by atoms with Crippen molar-refractivity contribution in [3.05, 3.63) is 56.1 Å². The van der Waals surface area contributed by atoms with Crippen LogP contribution in [-0.2, 0) is 10.1 Å². The summed E-state index contributed by atoms with van der Waals surface area (Å²) in [6, 6.07) is 11.8. The van der Waals surface area contributed by atoms with Crippen LogP contribution >= 0.6 is 38.5 Å². The van der Waals surface area contributed by atoms with E-state index in [1.165, 1.54) is 12.1 Å². The molecule has 0 aliphatic carbocycles. The molecule has 0 fully saturated rings. The average Bonchev–Trinajstić information content (AvgIpc) is 2.34. The number of benzene rings is 2. The molecular weight excluding hydrogens is 443 g/mol. The molecule has 0 bridgehead atoms. The first-order valence-electron chi connectivity index (χ1n) is 5.35. The Bertz CT molecular complexity index is 696. The van der Waals surface area contributed by atoms with Crippen molar-refractivity contribution in [2.24, 2.45) is 0 Å². The maximum Gasteiger partial charge on any atom is 0.339 e. The Morgan fingerprint density at radius 1 is 1.11 bits per heavy atom. The van der Waals surface area contributed by atoms with E-state index in [1.807, 2.05) is 35.6 Å². The van der Waals surface area contributed by atoms with Gasteiger partial charge in [-0.25, -0.2) is 0 Å². The number of rotatable bonds is 3. The van der Waals surface area contributed by atoms with Gasteiger partial charge >= 0.3 is 10.1 Å². The van der Waals surface area contributed by atoms with Gasteiger partial charge in [-0.1, -0.05) is 33.6 Å². The molecule has 0 atom stereocenters. The van der Waals surface area contributed by atoms with Gasteiger partial charge in [0, 0.05) is 4.47 Å². The largest absolute Gasteiger partial charge is 0.378 e. The van der Waals surface area contributed by atoms with Crippen LogP contribution < -0.4 is 4.18 Å². The minimum atomic E-state index is -3.79. The molecule has 100 valence electrons. The molecular formula is C13H10BrIO3S. The van der Waals surface area contributed by atoms with Crippen molar-refractivity contribution >= 4 is 48.6 Å². The second-order valence-corrected chi connectivity index (χ2v) is 7.55. The van der Waals surface area contributed by atoms with Crippen molar-refractivity contribution in [1.29, 1.82) is 0 Å². The van der Waals surface area contributed by atoms with Gasteiger partial charge in [-0.3, -0.25) is 0 Å². The third-order valence-electron chi connectivity index (χ3n) is 2.40. The summed E-state index contributed by atoms with van der Waals surface area (Å²) in [5.74, 6) is 0.315. The molecule has 2 rings (SSSR count). The highest BCUT2D eigenvalue weighted by Gasteiger charge is 2.18. The molecule has 3 nitrogen and oxygen atoms in total. The van der Waals surface area contributed by atoms with E-state index < -0.39 is 10.1 Å². The van der Waals surface area contributed by atoms with Gasteiger partial charge in [0.25, 0.3) is 0 Å². The van der Waals surface area contributed by atoms with Gasteiger partial charge in [0.2, 0.25) is 0 Å². The lowest BCUT2D eigenvalue weighted by atomic mass is 10.2. The Morgan fingerprint density at radius 3 is 2.37 bits per heavy atom. The normalized spacial score (nSPS) is 11.3. The molecule has 0 amide bonds. The maximum atomic E-state index is 12.1. The Labute approximate surface area is 134 Å². The first-order chi connectivity index (χ1) is 8.88. The van der Waals surface area contributed by atoms with Crippen molar-refractivity contribution in [3.8, 4) is 5.75 Å². The molecule has 2 aromatic carbocycles. The van der Waals surface area contributed by atoms with Crippen LogP contribution in [0.25, 0.3) is 0 Å². The van der Waals surface area contributed by atoms with E-state index in [0.717, 1.165) is 13.6 Å². The number of aryl methyl sites for hydroxylation is 1. The van der Waals surface area contributed by atoms with Crippen molar-refractivity contribution in [3.63, 3.8) is 0 Å². The highest BCUT2D eigenvalue weighted by Crippen LogP contribution is 2.28. The van der Waals surface area contributed by atoms with E-state index in [0.29, 0.717) is 5.75 Å². The van der Waals surface area contributed by atoms with E-state index in [9.17, 15) is 8.42 Å². The predicted molar refractivity (Wildman–Crippen MR) is 85.9 cm³/mol. The summed E-state index contributed by atoms with van der Waals surface area (Å²) in [7, 11) is -3.79. The number of hydrogen-bond donors (Lipinski definition) is 0. The van der Waals surface area contributed by atoms with Gasteiger partial charge in [-0.2, -0.15) is 8.42 Å². The highest BCUT2D eigenvalue weighted by atomic mass is 127. The Hall–Kier alpha value is -0.600. The SMILES string of the molecule is Cc1ccc(S(=O)(=O)Oc2cc(Br)ccc2I)cc1. The first-order valence-corrected chi connectivity index (χ1v) is 8.63. The van der Waals surface area contributed by atoms with Crippen molar-refractivity contribution < 1.29 is 12.6 Å². The molecule has 0 unspecified atom stereocenters. The Morgan fingerprint density at radius 2 is 1.74 bits per heavy atom. The lowest BCUT2D eigenvalue weighted by Gasteiger charge is -2.09. The van der Waals surface area contributed by atoms with Crippen LogP contribution in [0.1, 0.15) is 5.56 Å². The van der Waals surface area contributed by atoms with Gasteiger partial charge < -0.3 is 4.18 Å². The van der Waals surface area contributed by atoms with Gasteiger partial charge in [-0.05, 0) is 59.8 Å². The summed E-state index contributed by atoms with van der Waals surface area (Å²) in [6.07, 6.45) is 0. The molecule has 0 heterocycles. The monoisotopic (exact) mass is 452 g/mol. The van der Waals surface area contributed by atoms with Crippen LogP contribution in [0, 0.1) is 10.5 Å². The molecule has 0 N–H and O–H groups in total. The summed E-state index contributed by atoms with van der Waals surface area (Å²) < 4.78 is 30.9. The third kappa shape index (κ3) is 3.70. The lowest BCUT2D eigenvalue weighted by molar-refractivity contribution is 0.484. The fraction of sp³-hybridized carbons (Fsp3) is 0.0769. The summed E-state index contributed by atoms with van der Waals surface area (Å²) in [6.45, 7) is 1.90. The van der Waals surface area contributed by atoms with Crippen LogP contribution in [0.2, 0.25) is 0 Å². The van der Waals surface area contributed by atoms with E-state index in [2.05, 4.69) is 15.9 Å². The Kier molecular flexibility index (Phi) is 4.52. The summed E-state index contributed by atoms with van der Waals surface area (Å²) in [5.41, 5.74) is 0.996. The zero-order valence-electron chi connectivity index (χ0n) is 9.93. The molecule has 0 spiro atoms. The predicted octanol–water partition coefficient (Wildman–Crippen LogP) is 4.13. The smallest absolute Gasteiger partial charge is 0.339 e. The van der Waals surface area contributed by atoms with Crippen LogP contribution in [0.5, 0.6) is 5.75 Å². The van der Waals surface area contributed by atoms with Crippen LogP contribution in [0.4, 0.5) is 0 Å². The van der Waals surface area contributed by atoms with Crippen LogP contribution in [0.15, 0.2) is 51.8 Å². The number of halogens is 2. The molecule has 0 aliphatic heterocycles. The lowest BCUT2D eigenvalue weighted by Crippen LogP contribution is -2.10. The zero-order chi connectivity index (χ0) is 14.0. The van der Waals surface area contributed by atoms with Gasteiger partial charge in [0.05, 0.1) is 3.57 Å². The fourth-order valence-corrected chi connectivity index (χ4v) is 3.29. The maximum absolute atomic E-state index is 12.1. The van der Waals surface area contributed by atoms with Gasteiger partial charge in [0.1, 0.15) is 4.90 Å². The molecule has 2 aromatic rings. The molecule has 0 aromatic heterocycles. The van der Waals surface area contributed by atoms with Crippen LogP contribution in [-0.4, -0.2) is 8.42 Å². The number of hydrogen-bond acceptors (Lipinski definition) is 3. The quantitative estimate of drug-likeness (QED) is 0.519. The summed E-state index contributed by atoms with van der Waals surface area (Å²) in [5, 5.41) is 0. The standard InChI is InChI=1S/C13H10BrIO3S/c1-9-2-5-11(6-3-9)19(16,17)18-13-8-10(14)4-7-12(13)15/h2-8H,1H3. The van der Waals surface area contributed by atoms with Crippen molar-refractivity contribution in [2.75, 3.05) is 0 Å². The zero-order valence-corrected chi connectivity index (χ0v) is 14.5. The highest BCUT2D eigenvalue weighted by molar-refractivity contribution is 14.1. The van der Waals surface area contributed by atoms with Crippen LogP contribution in [0.3, 0.4) is 0 Å².